The van der Waals surface area contributed by atoms with Gasteiger partial charge in [-0.3, -0.25) is 9.78 Å². The molecule has 1 saturated heterocycles. The highest BCUT2D eigenvalue weighted by atomic mass is 16.5. The molecule has 1 saturated carbocycles. The standard InChI is InChI=1S/C30H31N5O2/c1-20-8-9-23(37-2)17-25(20)28(36)34-30(10-11-30)26-15-21(16-27-24(26)7-6-12-31-27)22-18-32-29(33-19-22)35-13-4-3-5-14-35/h6-9,12,15-19H,3-5,10-11,13-14H2,1-2H3,(H,34,36). The van der Waals surface area contributed by atoms with Crippen molar-refractivity contribution in [1.82, 2.24) is 20.3 Å². The maximum absolute atomic E-state index is 13.4. The van der Waals surface area contributed by atoms with Gasteiger partial charge in [-0.05, 0) is 86.1 Å². The molecule has 0 bridgehead atoms. The third-order valence-corrected chi connectivity index (χ3v) is 7.64. The van der Waals surface area contributed by atoms with E-state index in [-0.39, 0.29) is 5.91 Å². The average Bonchev–Trinajstić information content (AvgIpc) is 3.73. The first-order valence-corrected chi connectivity index (χ1v) is 13.0. The molecular weight excluding hydrogens is 462 g/mol. The van der Waals surface area contributed by atoms with E-state index in [2.05, 4.69) is 33.4 Å². The predicted molar refractivity (Wildman–Crippen MR) is 145 cm³/mol. The van der Waals surface area contributed by atoms with Crippen LogP contribution in [0, 0.1) is 6.92 Å². The summed E-state index contributed by atoms with van der Waals surface area (Å²) in [6.07, 6.45) is 11.0. The number of aromatic nitrogens is 3. The molecular formula is C30H31N5O2. The van der Waals surface area contributed by atoms with Gasteiger partial charge in [-0.1, -0.05) is 12.1 Å². The molecule has 7 heteroatoms. The molecule has 6 rings (SSSR count). The van der Waals surface area contributed by atoms with Crippen LogP contribution in [0.15, 0.2) is 61.1 Å². The summed E-state index contributed by atoms with van der Waals surface area (Å²) in [5.74, 6) is 1.37. The molecule has 3 heterocycles. The number of nitrogens with zero attached hydrogens (tertiary/aromatic N) is 4. The van der Waals surface area contributed by atoms with Gasteiger partial charge in [-0.25, -0.2) is 9.97 Å². The molecule has 2 fully saturated rings. The maximum Gasteiger partial charge on any atom is 0.252 e. The van der Waals surface area contributed by atoms with Crippen LogP contribution in [0.1, 0.15) is 53.6 Å². The molecule has 0 unspecified atom stereocenters. The first-order chi connectivity index (χ1) is 18.1. The lowest BCUT2D eigenvalue weighted by Gasteiger charge is -2.26. The van der Waals surface area contributed by atoms with Crippen molar-refractivity contribution in [2.45, 2.75) is 44.6 Å². The summed E-state index contributed by atoms with van der Waals surface area (Å²) in [6.45, 7) is 3.97. The Kier molecular flexibility index (Phi) is 5.99. The van der Waals surface area contributed by atoms with Crippen molar-refractivity contribution < 1.29 is 9.53 Å². The molecule has 0 radical (unpaired) electrons. The van der Waals surface area contributed by atoms with Crippen molar-refractivity contribution in [3.63, 3.8) is 0 Å². The van der Waals surface area contributed by atoms with Gasteiger partial charge in [0.25, 0.3) is 5.91 Å². The molecule has 2 aromatic heterocycles. The number of piperidine rings is 1. The van der Waals surface area contributed by atoms with E-state index in [1.807, 2.05) is 43.7 Å². The van der Waals surface area contributed by atoms with Crippen LogP contribution in [0.2, 0.25) is 0 Å². The molecule has 37 heavy (non-hydrogen) atoms. The number of pyridine rings is 1. The van der Waals surface area contributed by atoms with Crippen LogP contribution < -0.4 is 15.0 Å². The monoisotopic (exact) mass is 493 g/mol. The highest BCUT2D eigenvalue weighted by Crippen LogP contribution is 2.49. The van der Waals surface area contributed by atoms with E-state index in [9.17, 15) is 4.79 Å². The number of hydrogen-bond acceptors (Lipinski definition) is 6. The van der Waals surface area contributed by atoms with Crippen LogP contribution >= 0.6 is 0 Å². The van der Waals surface area contributed by atoms with Gasteiger partial charge in [0.15, 0.2) is 0 Å². The van der Waals surface area contributed by atoms with Crippen LogP contribution in [0.4, 0.5) is 5.95 Å². The zero-order valence-electron chi connectivity index (χ0n) is 21.3. The maximum atomic E-state index is 13.4. The molecule has 4 aromatic rings. The van der Waals surface area contributed by atoms with E-state index < -0.39 is 5.54 Å². The van der Waals surface area contributed by atoms with Gasteiger partial charge >= 0.3 is 0 Å². The summed E-state index contributed by atoms with van der Waals surface area (Å²) in [6, 6.07) is 13.9. The van der Waals surface area contributed by atoms with Crippen LogP contribution in [-0.2, 0) is 5.54 Å². The third-order valence-electron chi connectivity index (χ3n) is 7.64. The van der Waals surface area contributed by atoms with E-state index >= 15 is 0 Å². The first kappa shape index (κ1) is 23.4. The molecule has 1 aliphatic heterocycles. The molecule has 2 aromatic carbocycles. The average molecular weight is 494 g/mol. The molecule has 0 atom stereocenters. The zero-order valence-corrected chi connectivity index (χ0v) is 21.3. The Labute approximate surface area is 216 Å². The molecule has 1 amide bonds. The number of ether oxygens (including phenoxy) is 1. The minimum Gasteiger partial charge on any atom is -0.497 e. The zero-order chi connectivity index (χ0) is 25.4. The summed E-state index contributed by atoms with van der Waals surface area (Å²) in [5, 5.41) is 4.41. The van der Waals surface area contributed by atoms with Crippen molar-refractivity contribution in [3.05, 3.63) is 77.7 Å². The Morgan fingerprint density at radius 2 is 1.76 bits per heavy atom. The SMILES string of the molecule is COc1ccc(C)c(C(=O)NC2(c3cc(-c4cnc(N5CCCCC5)nc4)cc4ncccc34)CC2)c1. The lowest BCUT2D eigenvalue weighted by Crippen LogP contribution is -2.35. The summed E-state index contributed by atoms with van der Waals surface area (Å²) in [4.78, 5) is 29.7. The molecule has 188 valence electrons. The van der Waals surface area contributed by atoms with Crippen molar-refractivity contribution in [2.75, 3.05) is 25.1 Å². The number of fused-ring (bicyclic) bond motifs is 1. The number of nitrogens with one attached hydrogen (secondary N) is 1. The second-order valence-electron chi connectivity index (χ2n) is 10.1. The van der Waals surface area contributed by atoms with E-state index in [4.69, 9.17) is 14.7 Å². The lowest BCUT2D eigenvalue weighted by molar-refractivity contribution is 0.0930. The first-order valence-electron chi connectivity index (χ1n) is 13.0. The summed E-state index contributed by atoms with van der Waals surface area (Å²) in [5.41, 5.74) is 5.05. The van der Waals surface area contributed by atoms with Gasteiger partial charge in [0.05, 0.1) is 18.2 Å². The van der Waals surface area contributed by atoms with Gasteiger partial charge in [-0.15, -0.1) is 0 Å². The quantitative estimate of drug-likeness (QED) is 0.386. The smallest absolute Gasteiger partial charge is 0.252 e. The van der Waals surface area contributed by atoms with Crippen LogP contribution in [0.25, 0.3) is 22.0 Å². The second-order valence-corrected chi connectivity index (χ2v) is 10.1. The number of carbonyl (C=O) groups excluding carboxylic acids is 1. The van der Waals surface area contributed by atoms with Gasteiger partial charge in [0, 0.05) is 48.2 Å². The summed E-state index contributed by atoms with van der Waals surface area (Å²) < 4.78 is 5.36. The topological polar surface area (TPSA) is 80.2 Å². The normalized spacial score (nSPS) is 16.4. The fourth-order valence-electron chi connectivity index (χ4n) is 5.32. The van der Waals surface area contributed by atoms with Crippen LogP contribution in [0.3, 0.4) is 0 Å². The lowest BCUT2D eigenvalue weighted by atomic mass is 9.94. The number of carbonyl (C=O) groups is 1. The molecule has 7 nitrogen and oxygen atoms in total. The van der Waals surface area contributed by atoms with Crippen molar-refractivity contribution >= 4 is 22.8 Å². The Hall–Kier alpha value is -4.00. The van der Waals surface area contributed by atoms with Crippen LogP contribution in [-0.4, -0.2) is 41.1 Å². The molecule has 1 aliphatic carbocycles. The Morgan fingerprint density at radius 3 is 2.49 bits per heavy atom. The number of methoxy groups -OCH3 is 1. The highest BCUT2D eigenvalue weighted by Gasteiger charge is 2.47. The molecule has 0 spiro atoms. The Bertz CT molecular complexity index is 1460. The van der Waals surface area contributed by atoms with Crippen molar-refractivity contribution in [3.8, 4) is 16.9 Å². The number of rotatable bonds is 6. The largest absolute Gasteiger partial charge is 0.497 e. The number of anilines is 1. The van der Waals surface area contributed by atoms with E-state index in [0.717, 1.165) is 65.0 Å². The minimum absolute atomic E-state index is 0.0921. The summed E-state index contributed by atoms with van der Waals surface area (Å²) in [7, 11) is 1.61. The van der Waals surface area contributed by atoms with Crippen LogP contribution in [0.5, 0.6) is 5.75 Å². The van der Waals surface area contributed by atoms with Gasteiger partial charge in [-0.2, -0.15) is 0 Å². The van der Waals surface area contributed by atoms with E-state index in [1.54, 1.807) is 13.2 Å². The molecule has 2 aliphatic rings. The van der Waals surface area contributed by atoms with Gasteiger partial charge in [0.2, 0.25) is 5.95 Å². The van der Waals surface area contributed by atoms with Crippen molar-refractivity contribution in [1.29, 1.82) is 0 Å². The number of hydrogen-bond donors (Lipinski definition) is 1. The third kappa shape index (κ3) is 4.50. The van der Waals surface area contributed by atoms with E-state index in [1.165, 1.54) is 19.3 Å². The second kappa shape index (κ2) is 9.47. The fraction of sp³-hybridized carbons (Fsp3) is 0.333. The van der Waals surface area contributed by atoms with Gasteiger partial charge < -0.3 is 15.0 Å². The number of aryl methyl sites for hydroxylation is 1. The predicted octanol–water partition coefficient (Wildman–Crippen LogP) is 5.42. The summed E-state index contributed by atoms with van der Waals surface area (Å²) >= 11 is 0. The highest BCUT2D eigenvalue weighted by molar-refractivity contribution is 5.98. The number of amides is 1. The minimum atomic E-state index is -0.432. The molecule has 1 N–H and O–H groups in total. The van der Waals surface area contributed by atoms with Crippen molar-refractivity contribution in [2.24, 2.45) is 0 Å². The Morgan fingerprint density at radius 1 is 0.973 bits per heavy atom. The van der Waals surface area contributed by atoms with Gasteiger partial charge in [0.1, 0.15) is 5.75 Å². The van der Waals surface area contributed by atoms with E-state index in [0.29, 0.717) is 11.3 Å². The number of benzene rings is 2. The fourth-order valence-corrected chi connectivity index (χ4v) is 5.32. The Balaban J connectivity index is 1.35.